The topological polar surface area (TPSA) is 75.3 Å². The predicted molar refractivity (Wildman–Crippen MR) is 105 cm³/mol. The zero-order valence-electron chi connectivity index (χ0n) is 14.7. The van der Waals surface area contributed by atoms with Crippen molar-refractivity contribution in [3.8, 4) is 0 Å². The number of benzene rings is 2. The fourth-order valence-electron chi connectivity index (χ4n) is 2.80. The Morgan fingerprint density at radius 2 is 1.92 bits per heavy atom. The van der Waals surface area contributed by atoms with E-state index in [0.29, 0.717) is 18.5 Å². The molecule has 2 aromatic carbocycles. The van der Waals surface area contributed by atoms with Gasteiger partial charge >= 0.3 is 0 Å². The van der Waals surface area contributed by atoms with Crippen LogP contribution in [-0.4, -0.2) is 25.6 Å². The van der Waals surface area contributed by atoms with Crippen LogP contribution < -0.4 is 10.0 Å². The van der Waals surface area contributed by atoms with Crippen molar-refractivity contribution in [1.29, 1.82) is 0 Å². The van der Waals surface area contributed by atoms with E-state index in [-0.39, 0.29) is 22.1 Å². The molecule has 138 valence electrons. The molecular weight excluding hydrogens is 368 g/mol. The fourth-order valence-corrected chi connectivity index (χ4v) is 5.21. The van der Waals surface area contributed by atoms with E-state index in [9.17, 15) is 13.2 Å². The van der Waals surface area contributed by atoms with E-state index in [0.717, 1.165) is 10.5 Å². The van der Waals surface area contributed by atoms with Gasteiger partial charge in [0, 0.05) is 10.9 Å². The molecule has 3 rings (SSSR count). The van der Waals surface area contributed by atoms with Crippen LogP contribution in [0.2, 0.25) is 0 Å². The summed E-state index contributed by atoms with van der Waals surface area (Å²) in [5, 5.41) is 2.56. The molecule has 2 atom stereocenters. The van der Waals surface area contributed by atoms with Crippen molar-refractivity contribution in [3.63, 3.8) is 0 Å². The number of rotatable bonds is 6. The van der Waals surface area contributed by atoms with Gasteiger partial charge in [-0.2, -0.15) is 0 Å². The fraction of sp³-hybridized carbons (Fsp3) is 0.316. The maximum atomic E-state index is 12.8. The van der Waals surface area contributed by atoms with Gasteiger partial charge in [0.1, 0.15) is 0 Å². The van der Waals surface area contributed by atoms with Crippen molar-refractivity contribution in [1.82, 2.24) is 4.72 Å². The van der Waals surface area contributed by atoms with E-state index >= 15 is 0 Å². The normalized spacial score (nSPS) is 18.1. The van der Waals surface area contributed by atoms with Crippen LogP contribution in [0.1, 0.15) is 25.8 Å². The van der Waals surface area contributed by atoms with Gasteiger partial charge in [-0.15, -0.1) is 11.8 Å². The Bertz CT molecular complexity index is 898. The van der Waals surface area contributed by atoms with Crippen molar-refractivity contribution in [2.75, 3.05) is 5.32 Å². The molecule has 0 spiro atoms. The SMILES string of the molecule is CCC(Cc1ccccc1)NS(=O)(=O)c1ccc2c(c1)SC(C)C(=O)N2. The minimum atomic E-state index is -3.63. The van der Waals surface area contributed by atoms with Crippen LogP contribution >= 0.6 is 11.8 Å². The van der Waals surface area contributed by atoms with Crippen LogP contribution in [0.5, 0.6) is 0 Å². The first-order valence-electron chi connectivity index (χ1n) is 8.57. The van der Waals surface area contributed by atoms with Gasteiger partial charge in [-0.1, -0.05) is 37.3 Å². The van der Waals surface area contributed by atoms with Gasteiger partial charge in [0.2, 0.25) is 15.9 Å². The van der Waals surface area contributed by atoms with Crippen LogP contribution in [-0.2, 0) is 21.2 Å². The number of anilines is 1. The molecule has 2 N–H and O–H groups in total. The zero-order chi connectivity index (χ0) is 18.7. The lowest BCUT2D eigenvalue weighted by Gasteiger charge is -2.22. The largest absolute Gasteiger partial charge is 0.324 e. The Labute approximate surface area is 158 Å². The van der Waals surface area contributed by atoms with E-state index in [4.69, 9.17) is 0 Å². The number of hydrogen-bond donors (Lipinski definition) is 2. The molecule has 0 bridgehead atoms. The number of carbonyl (C=O) groups excluding carboxylic acids is 1. The summed E-state index contributed by atoms with van der Waals surface area (Å²) in [6.07, 6.45) is 1.34. The van der Waals surface area contributed by atoms with Gasteiger partial charge < -0.3 is 5.32 Å². The molecule has 5 nitrogen and oxygen atoms in total. The highest BCUT2D eigenvalue weighted by Gasteiger charge is 2.26. The summed E-state index contributed by atoms with van der Waals surface area (Å²) < 4.78 is 28.4. The smallest absolute Gasteiger partial charge is 0.240 e. The molecular formula is C19H22N2O3S2. The van der Waals surface area contributed by atoms with Crippen molar-refractivity contribution in [2.24, 2.45) is 0 Å². The number of fused-ring (bicyclic) bond motifs is 1. The summed E-state index contributed by atoms with van der Waals surface area (Å²) in [6.45, 7) is 3.77. The first-order chi connectivity index (χ1) is 12.4. The quantitative estimate of drug-likeness (QED) is 0.792. The monoisotopic (exact) mass is 390 g/mol. The molecule has 0 aromatic heterocycles. The van der Waals surface area contributed by atoms with Crippen LogP contribution in [0, 0.1) is 0 Å². The van der Waals surface area contributed by atoms with Crippen molar-refractivity contribution in [2.45, 2.75) is 47.8 Å². The first-order valence-corrected chi connectivity index (χ1v) is 10.9. The average Bonchev–Trinajstić information content (AvgIpc) is 2.62. The van der Waals surface area contributed by atoms with Crippen molar-refractivity contribution < 1.29 is 13.2 Å². The predicted octanol–water partition coefficient (Wildman–Crippen LogP) is 3.42. The average molecular weight is 391 g/mol. The maximum Gasteiger partial charge on any atom is 0.240 e. The van der Waals surface area contributed by atoms with Crippen LogP contribution in [0.25, 0.3) is 0 Å². The molecule has 2 aromatic rings. The molecule has 1 aliphatic rings. The summed E-state index contributed by atoms with van der Waals surface area (Å²) in [5.41, 5.74) is 1.76. The van der Waals surface area contributed by atoms with Gasteiger partial charge in [0.25, 0.3) is 0 Å². The Kier molecular flexibility index (Phi) is 5.70. The number of nitrogens with one attached hydrogen (secondary N) is 2. The molecule has 1 aliphatic heterocycles. The molecule has 1 heterocycles. The summed E-state index contributed by atoms with van der Waals surface area (Å²) in [5.74, 6) is -0.0647. The summed E-state index contributed by atoms with van der Waals surface area (Å²) in [6, 6.07) is 14.5. The Morgan fingerprint density at radius 3 is 2.62 bits per heavy atom. The van der Waals surface area contributed by atoms with Gasteiger partial charge in [0.15, 0.2) is 0 Å². The highest BCUT2D eigenvalue weighted by molar-refractivity contribution is 8.01. The molecule has 0 saturated heterocycles. The van der Waals surface area contributed by atoms with Crippen molar-refractivity contribution in [3.05, 3.63) is 54.1 Å². The summed E-state index contributed by atoms with van der Waals surface area (Å²) >= 11 is 1.37. The third-order valence-electron chi connectivity index (χ3n) is 4.33. The molecule has 7 heteroatoms. The van der Waals surface area contributed by atoms with Crippen molar-refractivity contribution >= 4 is 33.4 Å². The van der Waals surface area contributed by atoms with E-state index in [2.05, 4.69) is 10.0 Å². The molecule has 26 heavy (non-hydrogen) atoms. The van der Waals surface area contributed by atoms with Gasteiger partial charge in [-0.05, 0) is 43.5 Å². The highest BCUT2D eigenvalue weighted by atomic mass is 32.2. The summed E-state index contributed by atoms with van der Waals surface area (Å²) in [4.78, 5) is 12.7. The first kappa shape index (κ1) is 18.9. The van der Waals surface area contributed by atoms with E-state index < -0.39 is 10.0 Å². The highest BCUT2D eigenvalue weighted by Crippen LogP contribution is 2.36. The Morgan fingerprint density at radius 1 is 1.19 bits per heavy atom. The number of thioether (sulfide) groups is 1. The van der Waals surface area contributed by atoms with Gasteiger partial charge in [-0.3, -0.25) is 4.79 Å². The number of sulfonamides is 1. The Balaban J connectivity index is 1.79. The number of hydrogen-bond acceptors (Lipinski definition) is 4. The second kappa shape index (κ2) is 7.82. The van der Waals surface area contributed by atoms with Gasteiger partial charge in [-0.25, -0.2) is 13.1 Å². The van der Waals surface area contributed by atoms with E-state index in [1.54, 1.807) is 19.1 Å². The third kappa shape index (κ3) is 4.28. The lowest BCUT2D eigenvalue weighted by Crippen LogP contribution is -2.36. The van der Waals surface area contributed by atoms with Gasteiger partial charge in [0.05, 0.1) is 15.8 Å². The minimum absolute atomic E-state index is 0.0647. The second-order valence-corrected chi connectivity index (χ2v) is 9.42. The molecule has 0 fully saturated rings. The molecule has 2 unspecified atom stereocenters. The standard InChI is InChI=1S/C19H22N2O3S2/c1-3-15(11-14-7-5-4-6-8-14)21-26(23,24)16-9-10-17-18(12-16)25-13(2)19(22)20-17/h4-10,12-13,15,21H,3,11H2,1-2H3,(H,20,22). The third-order valence-corrected chi connectivity index (χ3v) is 7.01. The molecule has 0 radical (unpaired) electrons. The second-order valence-electron chi connectivity index (χ2n) is 6.32. The van der Waals surface area contributed by atoms with Crippen LogP contribution in [0.15, 0.2) is 58.3 Å². The van der Waals surface area contributed by atoms with Crippen LogP contribution in [0.4, 0.5) is 5.69 Å². The minimum Gasteiger partial charge on any atom is -0.324 e. The lowest BCUT2D eigenvalue weighted by molar-refractivity contribution is -0.115. The molecule has 0 saturated carbocycles. The maximum absolute atomic E-state index is 12.8. The Hall–Kier alpha value is -1.83. The molecule has 1 amide bonds. The van der Waals surface area contributed by atoms with E-state index in [1.165, 1.54) is 17.8 Å². The summed E-state index contributed by atoms with van der Waals surface area (Å²) in [7, 11) is -3.63. The number of amides is 1. The zero-order valence-corrected chi connectivity index (χ0v) is 16.4. The number of carbonyl (C=O) groups is 1. The molecule has 0 aliphatic carbocycles. The van der Waals surface area contributed by atoms with Crippen LogP contribution in [0.3, 0.4) is 0 Å². The van der Waals surface area contributed by atoms with E-state index in [1.807, 2.05) is 37.3 Å². The lowest BCUT2D eigenvalue weighted by atomic mass is 10.1.